The van der Waals surface area contributed by atoms with Gasteiger partial charge in [-0.25, -0.2) is 9.78 Å². The number of rotatable bonds is 4. The molecule has 0 aliphatic rings. The van der Waals surface area contributed by atoms with Gasteiger partial charge >= 0.3 is 5.97 Å². The van der Waals surface area contributed by atoms with Crippen molar-refractivity contribution in [3.8, 4) is 0 Å². The summed E-state index contributed by atoms with van der Waals surface area (Å²) in [7, 11) is 0. The molecule has 4 N–H and O–H groups in total. The van der Waals surface area contributed by atoms with Crippen molar-refractivity contribution in [1.29, 1.82) is 0 Å². The minimum Gasteiger partial charge on any atom is -0.478 e. The highest BCUT2D eigenvalue weighted by atomic mass is 32.1. The van der Waals surface area contributed by atoms with Gasteiger partial charge in [0.1, 0.15) is 0 Å². The summed E-state index contributed by atoms with van der Waals surface area (Å²) < 4.78 is 0. The van der Waals surface area contributed by atoms with E-state index in [4.69, 9.17) is 10.8 Å². The Balaban J connectivity index is 2.22. The number of anilines is 2. The molecule has 2 rings (SSSR count). The van der Waals surface area contributed by atoms with Crippen molar-refractivity contribution in [3.63, 3.8) is 0 Å². The summed E-state index contributed by atoms with van der Waals surface area (Å²) in [5.74, 6) is -0.981. The van der Waals surface area contributed by atoms with Gasteiger partial charge in [-0.3, -0.25) is 0 Å². The zero-order valence-corrected chi connectivity index (χ0v) is 12.4. The molecule has 0 aliphatic heterocycles. The number of aromatic carboxylic acids is 1. The molecule has 2 aromatic rings. The van der Waals surface area contributed by atoms with E-state index in [1.165, 1.54) is 6.07 Å². The molecule has 106 valence electrons. The van der Waals surface area contributed by atoms with E-state index >= 15 is 0 Å². The van der Waals surface area contributed by atoms with Crippen LogP contribution >= 0.6 is 11.3 Å². The molecule has 0 radical (unpaired) electrons. The van der Waals surface area contributed by atoms with Gasteiger partial charge in [-0.15, -0.1) is 11.3 Å². The van der Waals surface area contributed by atoms with Gasteiger partial charge in [0.25, 0.3) is 0 Å². The van der Waals surface area contributed by atoms with Gasteiger partial charge in [-0.1, -0.05) is 0 Å². The second-order valence-corrected chi connectivity index (χ2v) is 5.89. The van der Waals surface area contributed by atoms with E-state index in [0.717, 1.165) is 21.3 Å². The molecule has 0 spiro atoms. The van der Waals surface area contributed by atoms with E-state index in [-0.39, 0.29) is 11.6 Å². The quantitative estimate of drug-likeness (QED) is 0.753. The van der Waals surface area contributed by atoms with Crippen LogP contribution in [0.2, 0.25) is 0 Å². The molecular formula is C14H17N3O2S. The third-order valence-corrected chi connectivity index (χ3v) is 4.26. The first-order valence-electron chi connectivity index (χ1n) is 6.21. The number of nitrogen functional groups attached to an aromatic ring is 1. The fourth-order valence-electron chi connectivity index (χ4n) is 2.07. The van der Waals surface area contributed by atoms with Crippen LogP contribution in [0.4, 0.5) is 11.4 Å². The van der Waals surface area contributed by atoms with E-state index in [9.17, 15) is 4.79 Å². The minimum absolute atomic E-state index is 0.0687. The second-order valence-electron chi connectivity index (χ2n) is 4.66. The molecule has 1 aromatic carbocycles. The van der Waals surface area contributed by atoms with E-state index in [1.807, 2.05) is 20.8 Å². The first-order chi connectivity index (χ1) is 9.38. The van der Waals surface area contributed by atoms with Gasteiger partial charge in [0, 0.05) is 4.88 Å². The normalized spacial score (nSPS) is 12.2. The van der Waals surface area contributed by atoms with Crippen LogP contribution in [0, 0.1) is 13.8 Å². The van der Waals surface area contributed by atoms with Crippen LogP contribution in [-0.2, 0) is 0 Å². The van der Waals surface area contributed by atoms with Crippen molar-refractivity contribution in [2.24, 2.45) is 0 Å². The van der Waals surface area contributed by atoms with Crippen molar-refractivity contribution >= 4 is 28.7 Å². The van der Waals surface area contributed by atoms with E-state index in [0.29, 0.717) is 5.69 Å². The molecule has 0 bridgehead atoms. The standard InChI is InChI=1S/C14H17N3O2S/c1-7-13(20-9(3)16-7)8(2)17-12-5-4-10(14(18)19)6-11(12)15/h4-6,8,17H,15H2,1-3H3,(H,18,19). The number of thiazole rings is 1. The Kier molecular flexibility index (Phi) is 3.94. The lowest BCUT2D eigenvalue weighted by atomic mass is 10.1. The van der Waals surface area contributed by atoms with E-state index in [1.54, 1.807) is 23.5 Å². The summed E-state index contributed by atoms with van der Waals surface area (Å²) in [5.41, 5.74) is 8.24. The fourth-order valence-corrected chi connectivity index (χ4v) is 3.00. The highest BCUT2D eigenvalue weighted by Crippen LogP contribution is 2.30. The average molecular weight is 291 g/mol. The molecule has 20 heavy (non-hydrogen) atoms. The summed E-state index contributed by atoms with van der Waals surface area (Å²) in [6.45, 7) is 5.99. The number of nitrogens with two attached hydrogens (primary N) is 1. The third kappa shape index (κ3) is 2.91. The zero-order valence-electron chi connectivity index (χ0n) is 11.6. The number of benzene rings is 1. The summed E-state index contributed by atoms with van der Waals surface area (Å²) in [4.78, 5) is 16.4. The van der Waals surface area contributed by atoms with Crippen LogP contribution in [0.5, 0.6) is 0 Å². The van der Waals surface area contributed by atoms with Crippen molar-refractivity contribution in [3.05, 3.63) is 39.3 Å². The average Bonchev–Trinajstić information content (AvgIpc) is 2.70. The summed E-state index contributed by atoms with van der Waals surface area (Å²) in [6, 6.07) is 4.76. The molecule has 0 aliphatic carbocycles. The predicted octanol–water partition coefficient (Wildman–Crippen LogP) is 3.21. The van der Waals surface area contributed by atoms with Crippen LogP contribution in [0.25, 0.3) is 0 Å². The van der Waals surface area contributed by atoms with Crippen LogP contribution < -0.4 is 11.1 Å². The molecule has 1 unspecified atom stereocenters. The lowest BCUT2D eigenvalue weighted by Gasteiger charge is -2.16. The fraction of sp³-hybridized carbons (Fsp3) is 0.286. The number of hydrogen-bond donors (Lipinski definition) is 3. The SMILES string of the molecule is Cc1nc(C)c(C(C)Nc2ccc(C(=O)O)cc2N)s1. The monoisotopic (exact) mass is 291 g/mol. The minimum atomic E-state index is -0.981. The van der Waals surface area contributed by atoms with Gasteiger partial charge in [0.15, 0.2) is 0 Å². The number of hydrogen-bond acceptors (Lipinski definition) is 5. The smallest absolute Gasteiger partial charge is 0.335 e. The van der Waals surface area contributed by atoms with Crippen molar-refractivity contribution in [2.45, 2.75) is 26.8 Å². The van der Waals surface area contributed by atoms with E-state index < -0.39 is 5.97 Å². The van der Waals surface area contributed by atoms with Crippen LogP contribution in [0.3, 0.4) is 0 Å². The maximum atomic E-state index is 10.9. The van der Waals surface area contributed by atoms with Crippen molar-refractivity contribution in [1.82, 2.24) is 4.98 Å². The Morgan fingerprint density at radius 1 is 1.45 bits per heavy atom. The zero-order chi connectivity index (χ0) is 14.9. The maximum Gasteiger partial charge on any atom is 0.335 e. The molecule has 6 heteroatoms. The first-order valence-corrected chi connectivity index (χ1v) is 7.03. The van der Waals surface area contributed by atoms with Crippen molar-refractivity contribution < 1.29 is 9.90 Å². The number of carboxylic acid groups (broad SMARTS) is 1. The molecule has 0 saturated carbocycles. The number of aromatic nitrogens is 1. The predicted molar refractivity (Wildman–Crippen MR) is 81.4 cm³/mol. The molecule has 5 nitrogen and oxygen atoms in total. The van der Waals surface area contributed by atoms with Crippen molar-refractivity contribution in [2.75, 3.05) is 11.1 Å². The Morgan fingerprint density at radius 2 is 2.15 bits per heavy atom. The summed E-state index contributed by atoms with van der Waals surface area (Å²) in [5, 5.41) is 13.2. The third-order valence-electron chi connectivity index (χ3n) is 3.00. The van der Waals surface area contributed by atoms with Crippen LogP contribution in [0.1, 0.15) is 38.9 Å². The van der Waals surface area contributed by atoms with Crippen LogP contribution in [0.15, 0.2) is 18.2 Å². The molecule has 0 saturated heterocycles. The van der Waals surface area contributed by atoms with Gasteiger partial charge in [0.2, 0.25) is 0 Å². The number of nitrogens with one attached hydrogen (secondary N) is 1. The summed E-state index contributed by atoms with van der Waals surface area (Å²) in [6.07, 6.45) is 0. The topological polar surface area (TPSA) is 88.2 Å². The van der Waals surface area contributed by atoms with Gasteiger partial charge in [0.05, 0.1) is 33.7 Å². The number of nitrogens with zero attached hydrogens (tertiary/aromatic N) is 1. The summed E-state index contributed by atoms with van der Waals surface area (Å²) >= 11 is 1.65. The molecule has 1 atom stereocenters. The lowest BCUT2D eigenvalue weighted by Crippen LogP contribution is -2.09. The second kappa shape index (κ2) is 5.50. The molecule has 1 heterocycles. The first kappa shape index (κ1) is 14.3. The van der Waals surface area contributed by atoms with Gasteiger partial charge in [-0.2, -0.15) is 0 Å². The highest BCUT2D eigenvalue weighted by molar-refractivity contribution is 7.11. The van der Waals surface area contributed by atoms with E-state index in [2.05, 4.69) is 10.3 Å². The lowest BCUT2D eigenvalue weighted by molar-refractivity contribution is 0.0697. The number of carboxylic acids is 1. The molecule has 1 aromatic heterocycles. The maximum absolute atomic E-state index is 10.9. The van der Waals surface area contributed by atoms with Crippen LogP contribution in [-0.4, -0.2) is 16.1 Å². The highest BCUT2D eigenvalue weighted by Gasteiger charge is 2.14. The van der Waals surface area contributed by atoms with Gasteiger partial charge < -0.3 is 16.2 Å². The Bertz CT molecular complexity index is 652. The number of aryl methyl sites for hydroxylation is 2. The Labute approximate surface area is 121 Å². The van der Waals surface area contributed by atoms with Gasteiger partial charge in [-0.05, 0) is 39.0 Å². The largest absolute Gasteiger partial charge is 0.478 e. The molecular weight excluding hydrogens is 274 g/mol. The number of carbonyl (C=O) groups is 1. The molecule has 0 fully saturated rings. The molecule has 0 amide bonds. The Morgan fingerprint density at radius 3 is 2.65 bits per heavy atom. The Hall–Kier alpha value is -2.08.